The van der Waals surface area contributed by atoms with E-state index in [9.17, 15) is 4.79 Å². The highest BCUT2D eigenvalue weighted by atomic mass is 127. The van der Waals surface area contributed by atoms with Crippen LogP contribution < -0.4 is 25.4 Å². The maximum Gasteiger partial charge on any atom is 0.251 e. The molecule has 0 aromatic heterocycles. The summed E-state index contributed by atoms with van der Waals surface area (Å²) in [5, 5.41) is 9.15. The number of rotatable bonds is 9. The van der Waals surface area contributed by atoms with E-state index in [2.05, 4.69) is 20.9 Å². The van der Waals surface area contributed by atoms with Crippen molar-refractivity contribution in [1.82, 2.24) is 16.0 Å². The summed E-state index contributed by atoms with van der Waals surface area (Å²) in [5.74, 6) is 2.00. The molecule has 0 aliphatic rings. The topological polar surface area (TPSA) is 84.0 Å². The molecule has 0 heterocycles. The number of carbonyl (C=O) groups is 1. The standard InChI is InChI=1S/C20H26N4O3.HI/c1-21-20(24-13-14-27-17-8-4-3-5-9-17)23-12-11-22-19(25)16-7-6-10-18(15-16)26-2;/h3-10,15H,11-14H2,1-2H3,(H,22,25)(H2,21,23,24);1H. The molecule has 0 fully saturated rings. The van der Waals surface area contributed by atoms with Crippen molar-refractivity contribution in [3.63, 3.8) is 0 Å². The Balaban J connectivity index is 0.00000392. The van der Waals surface area contributed by atoms with Gasteiger partial charge in [0.15, 0.2) is 5.96 Å². The minimum absolute atomic E-state index is 0. The van der Waals surface area contributed by atoms with Gasteiger partial charge in [0.25, 0.3) is 5.91 Å². The van der Waals surface area contributed by atoms with Crippen LogP contribution in [0.25, 0.3) is 0 Å². The minimum Gasteiger partial charge on any atom is -0.497 e. The summed E-state index contributed by atoms with van der Waals surface area (Å²) in [7, 11) is 3.27. The van der Waals surface area contributed by atoms with Crippen molar-refractivity contribution >= 4 is 35.8 Å². The van der Waals surface area contributed by atoms with Crippen LogP contribution in [0.1, 0.15) is 10.4 Å². The zero-order chi connectivity index (χ0) is 19.3. The van der Waals surface area contributed by atoms with Crippen molar-refractivity contribution < 1.29 is 14.3 Å². The number of methoxy groups -OCH3 is 1. The highest BCUT2D eigenvalue weighted by Gasteiger charge is 2.06. The normalized spacial score (nSPS) is 10.4. The molecule has 8 heteroatoms. The van der Waals surface area contributed by atoms with E-state index in [1.165, 1.54) is 0 Å². The molecule has 3 N–H and O–H groups in total. The predicted molar refractivity (Wildman–Crippen MR) is 122 cm³/mol. The lowest BCUT2D eigenvalue weighted by molar-refractivity contribution is 0.0954. The number of hydrogen-bond donors (Lipinski definition) is 3. The van der Waals surface area contributed by atoms with Crippen LogP contribution in [0.4, 0.5) is 0 Å². The van der Waals surface area contributed by atoms with E-state index in [4.69, 9.17) is 9.47 Å². The van der Waals surface area contributed by atoms with Crippen LogP contribution in [0.3, 0.4) is 0 Å². The summed E-state index contributed by atoms with van der Waals surface area (Å²) in [5.41, 5.74) is 0.565. The van der Waals surface area contributed by atoms with Crippen molar-refractivity contribution in [2.24, 2.45) is 4.99 Å². The third kappa shape index (κ3) is 8.47. The fourth-order valence-electron chi connectivity index (χ4n) is 2.30. The van der Waals surface area contributed by atoms with Crippen LogP contribution in [0.2, 0.25) is 0 Å². The molecule has 0 atom stereocenters. The molecule has 2 aromatic rings. The molecule has 0 saturated heterocycles. The van der Waals surface area contributed by atoms with E-state index < -0.39 is 0 Å². The van der Waals surface area contributed by atoms with Crippen LogP contribution in [0.15, 0.2) is 59.6 Å². The molecular formula is C20H27IN4O3. The van der Waals surface area contributed by atoms with Gasteiger partial charge in [0.2, 0.25) is 0 Å². The fourth-order valence-corrected chi connectivity index (χ4v) is 2.30. The molecule has 0 aliphatic heterocycles. The Morgan fingerprint density at radius 3 is 2.32 bits per heavy atom. The van der Waals surface area contributed by atoms with Crippen LogP contribution in [0, 0.1) is 0 Å². The van der Waals surface area contributed by atoms with E-state index >= 15 is 0 Å². The van der Waals surface area contributed by atoms with E-state index in [0.717, 1.165) is 5.75 Å². The summed E-state index contributed by atoms with van der Waals surface area (Å²) in [6.07, 6.45) is 0. The SMILES string of the molecule is CN=C(NCCNC(=O)c1cccc(OC)c1)NCCOc1ccccc1.I. The Kier molecular flexibility index (Phi) is 11.5. The first kappa shape index (κ1) is 23.5. The van der Waals surface area contributed by atoms with Gasteiger partial charge in [-0.1, -0.05) is 24.3 Å². The molecule has 28 heavy (non-hydrogen) atoms. The van der Waals surface area contributed by atoms with Gasteiger partial charge in [0.05, 0.1) is 13.7 Å². The van der Waals surface area contributed by atoms with Crippen molar-refractivity contribution in [3.8, 4) is 11.5 Å². The Morgan fingerprint density at radius 2 is 1.61 bits per heavy atom. The second-order valence-corrected chi connectivity index (χ2v) is 5.58. The lowest BCUT2D eigenvalue weighted by Crippen LogP contribution is -2.42. The second-order valence-electron chi connectivity index (χ2n) is 5.58. The quantitative estimate of drug-likeness (QED) is 0.214. The molecule has 0 spiro atoms. The fraction of sp³-hybridized carbons (Fsp3) is 0.300. The molecule has 0 saturated carbocycles. The molecule has 0 unspecified atom stereocenters. The van der Waals surface area contributed by atoms with Gasteiger partial charge < -0.3 is 25.4 Å². The van der Waals surface area contributed by atoms with Crippen LogP contribution in [-0.2, 0) is 0 Å². The molecule has 2 aromatic carbocycles. The first-order chi connectivity index (χ1) is 13.2. The van der Waals surface area contributed by atoms with Gasteiger partial charge >= 0.3 is 0 Å². The number of benzene rings is 2. The van der Waals surface area contributed by atoms with Crippen LogP contribution >= 0.6 is 24.0 Å². The lowest BCUT2D eigenvalue weighted by Gasteiger charge is -2.13. The van der Waals surface area contributed by atoms with Crippen molar-refractivity contribution in [1.29, 1.82) is 0 Å². The Morgan fingerprint density at radius 1 is 0.929 bits per heavy atom. The largest absolute Gasteiger partial charge is 0.497 e. The van der Waals surface area contributed by atoms with E-state index in [1.54, 1.807) is 38.4 Å². The monoisotopic (exact) mass is 498 g/mol. The molecule has 152 valence electrons. The highest BCUT2D eigenvalue weighted by molar-refractivity contribution is 14.0. The maximum atomic E-state index is 12.1. The molecule has 2 rings (SSSR count). The lowest BCUT2D eigenvalue weighted by atomic mass is 10.2. The van der Waals surface area contributed by atoms with Gasteiger partial charge in [-0.05, 0) is 30.3 Å². The number of amides is 1. The van der Waals surface area contributed by atoms with Crippen LogP contribution in [0.5, 0.6) is 11.5 Å². The summed E-state index contributed by atoms with van der Waals surface area (Å²) in [6.45, 7) is 2.16. The number of ether oxygens (including phenoxy) is 2. The number of nitrogens with one attached hydrogen (secondary N) is 3. The molecule has 0 bridgehead atoms. The van der Waals surface area contributed by atoms with Gasteiger partial charge in [-0.2, -0.15) is 0 Å². The average Bonchev–Trinajstić information content (AvgIpc) is 2.73. The van der Waals surface area contributed by atoms with Gasteiger partial charge in [-0.15, -0.1) is 24.0 Å². The van der Waals surface area contributed by atoms with Gasteiger partial charge in [0.1, 0.15) is 18.1 Å². The zero-order valence-electron chi connectivity index (χ0n) is 16.1. The summed E-state index contributed by atoms with van der Waals surface area (Å²) in [4.78, 5) is 16.3. The van der Waals surface area contributed by atoms with Gasteiger partial charge in [-0.25, -0.2) is 0 Å². The zero-order valence-corrected chi connectivity index (χ0v) is 18.4. The molecule has 0 radical (unpaired) electrons. The molecule has 1 amide bonds. The maximum absolute atomic E-state index is 12.1. The van der Waals surface area contributed by atoms with Crippen molar-refractivity contribution in [2.45, 2.75) is 0 Å². The molecule has 0 aliphatic carbocycles. The van der Waals surface area contributed by atoms with Crippen molar-refractivity contribution in [3.05, 3.63) is 60.2 Å². The number of para-hydroxylation sites is 1. The average molecular weight is 498 g/mol. The summed E-state index contributed by atoms with van der Waals surface area (Å²) >= 11 is 0. The number of hydrogen-bond acceptors (Lipinski definition) is 4. The summed E-state index contributed by atoms with van der Waals surface area (Å²) in [6, 6.07) is 16.7. The Labute approximate surface area is 182 Å². The minimum atomic E-state index is -0.144. The molecular weight excluding hydrogens is 471 g/mol. The number of guanidine groups is 1. The van der Waals surface area contributed by atoms with Crippen LogP contribution in [-0.4, -0.2) is 52.3 Å². The van der Waals surface area contributed by atoms with E-state index in [0.29, 0.717) is 43.5 Å². The van der Waals surface area contributed by atoms with E-state index in [1.807, 2.05) is 30.3 Å². The number of halogens is 1. The van der Waals surface area contributed by atoms with Gasteiger partial charge in [0, 0.05) is 25.7 Å². The number of carbonyl (C=O) groups excluding carboxylic acids is 1. The third-order valence-electron chi connectivity index (χ3n) is 3.66. The predicted octanol–water partition coefficient (Wildman–Crippen LogP) is 2.29. The Bertz CT molecular complexity index is 741. The van der Waals surface area contributed by atoms with Crippen molar-refractivity contribution in [2.75, 3.05) is 40.4 Å². The van der Waals surface area contributed by atoms with Gasteiger partial charge in [-0.3, -0.25) is 9.79 Å². The number of aliphatic imine (C=N–C) groups is 1. The Hall–Kier alpha value is -2.49. The first-order valence-electron chi connectivity index (χ1n) is 8.77. The van der Waals surface area contributed by atoms with E-state index in [-0.39, 0.29) is 29.9 Å². The second kappa shape index (κ2) is 13.6. The summed E-state index contributed by atoms with van der Waals surface area (Å²) < 4.78 is 10.7. The number of nitrogens with zero attached hydrogens (tertiary/aromatic N) is 1. The third-order valence-corrected chi connectivity index (χ3v) is 3.66. The first-order valence-corrected chi connectivity index (χ1v) is 8.77. The smallest absolute Gasteiger partial charge is 0.251 e. The highest BCUT2D eigenvalue weighted by Crippen LogP contribution is 2.12. The molecule has 7 nitrogen and oxygen atoms in total.